The lowest BCUT2D eigenvalue weighted by atomic mass is 10.1. The molecule has 0 atom stereocenters. The number of benzene rings is 1. The van der Waals surface area contributed by atoms with E-state index >= 15 is 0 Å². The van der Waals surface area contributed by atoms with Crippen molar-refractivity contribution < 1.29 is 12.8 Å². The van der Waals surface area contributed by atoms with Gasteiger partial charge in [0.25, 0.3) is 0 Å². The number of hydrogen-bond acceptors (Lipinski definition) is 3. The molecular formula is C14H19FN2O2S. The van der Waals surface area contributed by atoms with Crippen molar-refractivity contribution in [1.29, 1.82) is 0 Å². The van der Waals surface area contributed by atoms with Gasteiger partial charge in [-0.15, -0.1) is 0 Å². The Hall–Kier alpha value is -0.980. The minimum absolute atomic E-state index is 0.0683. The zero-order chi connectivity index (χ0) is 14.2. The molecule has 110 valence electrons. The summed E-state index contributed by atoms with van der Waals surface area (Å²) >= 11 is 0. The standard InChI is InChI=1S/C14H19FN2O2S/c15-11-1-5-14(6-2-11)20(18,19)17(12-3-4-12)13-7-9-16-10-8-13/h1-2,5-6,12-13,16H,3-4,7-10H2. The molecule has 0 bridgehead atoms. The Bertz CT molecular complexity index is 563. The molecule has 0 amide bonds. The average Bonchev–Trinajstić information content (AvgIpc) is 3.25. The summed E-state index contributed by atoms with van der Waals surface area (Å²) in [5.74, 6) is -0.413. The van der Waals surface area contributed by atoms with E-state index in [-0.39, 0.29) is 17.0 Å². The maximum Gasteiger partial charge on any atom is 0.243 e. The van der Waals surface area contributed by atoms with Gasteiger partial charge < -0.3 is 5.32 Å². The first-order chi connectivity index (χ1) is 9.59. The van der Waals surface area contributed by atoms with E-state index in [1.807, 2.05) is 0 Å². The van der Waals surface area contributed by atoms with Crippen molar-refractivity contribution in [2.24, 2.45) is 0 Å². The Kier molecular flexibility index (Phi) is 3.79. The highest BCUT2D eigenvalue weighted by Gasteiger charge is 2.42. The third-order valence-electron chi connectivity index (χ3n) is 3.96. The predicted molar refractivity (Wildman–Crippen MR) is 74.3 cm³/mol. The molecule has 2 aliphatic rings. The van der Waals surface area contributed by atoms with E-state index in [1.54, 1.807) is 4.31 Å². The zero-order valence-electron chi connectivity index (χ0n) is 11.3. The number of hydrogen-bond donors (Lipinski definition) is 1. The van der Waals surface area contributed by atoms with Gasteiger partial charge in [-0.25, -0.2) is 12.8 Å². The summed E-state index contributed by atoms with van der Waals surface area (Å²) < 4.78 is 40.3. The molecule has 1 aromatic carbocycles. The highest BCUT2D eigenvalue weighted by molar-refractivity contribution is 7.89. The van der Waals surface area contributed by atoms with Crippen LogP contribution in [0.3, 0.4) is 0 Å². The minimum atomic E-state index is -3.52. The highest BCUT2D eigenvalue weighted by atomic mass is 32.2. The predicted octanol–water partition coefficient (Wildman–Crippen LogP) is 1.73. The summed E-state index contributed by atoms with van der Waals surface area (Å²) in [5.41, 5.74) is 0. The van der Waals surface area contributed by atoms with E-state index in [1.165, 1.54) is 24.3 Å². The van der Waals surface area contributed by atoms with Crippen LogP contribution in [0.25, 0.3) is 0 Å². The summed E-state index contributed by atoms with van der Waals surface area (Å²) in [6, 6.07) is 5.34. The third kappa shape index (κ3) is 2.73. The first-order valence-corrected chi connectivity index (χ1v) is 8.53. The van der Waals surface area contributed by atoms with Crippen molar-refractivity contribution in [2.45, 2.75) is 42.7 Å². The molecule has 3 rings (SSSR count). The molecule has 1 N–H and O–H groups in total. The van der Waals surface area contributed by atoms with E-state index in [4.69, 9.17) is 0 Å². The Morgan fingerprint density at radius 2 is 1.55 bits per heavy atom. The van der Waals surface area contributed by atoms with Crippen LogP contribution in [-0.2, 0) is 10.0 Å². The summed E-state index contributed by atoms with van der Waals surface area (Å²) in [5, 5.41) is 3.26. The van der Waals surface area contributed by atoms with Gasteiger partial charge in [0.2, 0.25) is 10.0 Å². The van der Waals surface area contributed by atoms with Gasteiger partial charge in [0.1, 0.15) is 5.82 Å². The molecule has 0 radical (unpaired) electrons. The molecule has 1 aliphatic heterocycles. The van der Waals surface area contributed by atoms with Gasteiger partial charge in [-0.3, -0.25) is 0 Å². The van der Waals surface area contributed by atoms with Crippen LogP contribution < -0.4 is 5.32 Å². The van der Waals surface area contributed by atoms with Crippen LogP contribution in [0.4, 0.5) is 4.39 Å². The summed E-state index contributed by atoms with van der Waals surface area (Å²) in [7, 11) is -3.52. The second kappa shape index (κ2) is 5.42. The van der Waals surface area contributed by atoms with E-state index in [0.29, 0.717) is 0 Å². The molecule has 1 saturated heterocycles. The van der Waals surface area contributed by atoms with E-state index in [0.717, 1.165) is 38.8 Å². The summed E-state index contributed by atoms with van der Waals surface area (Å²) in [6.45, 7) is 1.71. The molecule has 0 unspecified atom stereocenters. The topological polar surface area (TPSA) is 49.4 Å². The Morgan fingerprint density at radius 1 is 1.00 bits per heavy atom. The van der Waals surface area contributed by atoms with Crippen LogP contribution in [0, 0.1) is 5.82 Å². The lowest BCUT2D eigenvalue weighted by Crippen LogP contribution is -2.47. The Labute approximate surface area is 119 Å². The van der Waals surface area contributed by atoms with Crippen LogP contribution >= 0.6 is 0 Å². The largest absolute Gasteiger partial charge is 0.317 e. The summed E-state index contributed by atoms with van der Waals surface area (Å²) in [4.78, 5) is 0.198. The fourth-order valence-corrected chi connectivity index (χ4v) is 4.74. The molecule has 1 heterocycles. The van der Waals surface area contributed by atoms with Gasteiger partial charge in [-0.1, -0.05) is 0 Å². The molecule has 20 heavy (non-hydrogen) atoms. The van der Waals surface area contributed by atoms with Gasteiger partial charge in [-0.05, 0) is 63.0 Å². The monoisotopic (exact) mass is 298 g/mol. The molecule has 0 spiro atoms. The fourth-order valence-electron chi connectivity index (χ4n) is 2.81. The van der Waals surface area contributed by atoms with Crippen LogP contribution in [0.5, 0.6) is 0 Å². The van der Waals surface area contributed by atoms with Crippen molar-refractivity contribution in [3.8, 4) is 0 Å². The molecular weight excluding hydrogens is 279 g/mol. The van der Waals surface area contributed by atoms with Crippen molar-refractivity contribution >= 4 is 10.0 Å². The summed E-state index contributed by atoms with van der Waals surface area (Å²) in [6.07, 6.45) is 3.56. The van der Waals surface area contributed by atoms with E-state index < -0.39 is 15.8 Å². The molecule has 6 heteroatoms. The number of nitrogens with one attached hydrogen (secondary N) is 1. The molecule has 0 aromatic heterocycles. The quantitative estimate of drug-likeness (QED) is 0.921. The molecule has 1 saturated carbocycles. The van der Waals surface area contributed by atoms with Crippen LogP contribution in [0.2, 0.25) is 0 Å². The molecule has 1 aromatic rings. The van der Waals surface area contributed by atoms with Gasteiger partial charge >= 0.3 is 0 Å². The van der Waals surface area contributed by atoms with Crippen molar-refractivity contribution in [1.82, 2.24) is 9.62 Å². The highest BCUT2D eigenvalue weighted by Crippen LogP contribution is 2.36. The number of piperidine rings is 1. The van der Waals surface area contributed by atoms with Crippen LogP contribution in [0.1, 0.15) is 25.7 Å². The van der Waals surface area contributed by atoms with Crippen molar-refractivity contribution in [3.05, 3.63) is 30.1 Å². The van der Waals surface area contributed by atoms with Gasteiger partial charge in [0.15, 0.2) is 0 Å². The van der Waals surface area contributed by atoms with E-state index in [9.17, 15) is 12.8 Å². The molecule has 2 fully saturated rings. The van der Waals surface area contributed by atoms with Crippen LogP contribution in [-0.4, -0.2) is 37.9 Å². The van der Waals surface area contributed by atoms with Gasteiger partial charge in [0.05, 0.1) is 4.90 Å². The fraction of sp³-hybridized carbons (Fsp3) is 0.571. The number of nitrogens with zero attached hydrogens (tertiary/aromatic N) is 1. The first kappa shape index (κ1) is 14.0. The van der Waals surface area contributed by atoms with Gasteiger partial charge in [-0.2, -0.15) is 4.31 Å². The maximum atomic E-state index is 13.0. The number of sulfonamides is 1. The minimum Gasteiger partial charge on any atom is -0.317 e. The third-order valence-corrected chi connectivity index (χ3v) is 5.98. The first-order valence-electron chi connectivity index (χ1n) is 7.09. The second-order valence-corrected chi connectivity index (χ2v) is 7.34. The normalized spacial score (nSPS) is 21.3. The zero-order valence-corrected chi connectivity index (χ0v) is 12.1. The van der Waals surface area contributed by atoms with Crippen molar-refractivity contribution in [2.75, 3.05) is 13.1 Å². The maximum absolute atomic E-state index is 13.0. The van der Waals surface area contributed by atoms with Crippen molar-refractivity contribution in [3.63, 3.8) is 0 Å². The number of rotatable bonds is 4. The second-order valence-electron chi connectivity index (χ2n) is 5.50. The SMILES string of the molecule is O=S(=O)(c1ccc(F)cc1)N(C1CCNCC1)C1CC1. The lowest BCUT2D eigenvalue weighted by Gasteiger charge is -2.33. The average molecular weight is 298 g/mol. The Balaban J connectivity index is 1.91. The lowest BCUT2D eigenvalue weighted by molar-refractivity contribution is 0.255. The van der Waals surface area contributed by atoms with Crippen LogP contribution in [0.15, 0.2) is 29.2 Å². The molecule has 4 nitrogen and oxygen atoms in total. The van der Waals surface area contributed by atoms with E-state index in [2.05, 4.69) is 5.32 Å². The molecule has 1 aliphatic carbocycles. The Morgan fingerprint density at radius 3 is 2.10 bits per heavy atom. The smallest absolute Gasteiger partial charge is 0.243 e. The number of halogens is 1. The van der Waals surface area contributed by atoms with Gasteiger partial charge in [0, 0.05) is 12.1 Å².